The van der Waals surface area contributed by atoms with E-state index < -0.39 is 0 Å². The molecule has 0 saturated heterocycles. The molecule has 4 nitrogen and oxygen atoms in total. The van der Waals surface area contributed by atoms with Crippen molar-refractivity contribution < 1.29 is 0 Å². The molecule has 4 heteroatoms. The molecule has 1 heterocycles. The van der Waals surface area contributed by atoms with Crippen LogP contribution in [0.2, 0.25) is 0 Å². The third-order valence-corrected chi connectivity index (χ3v) is 2.83. The monoisotopic (exact) mass is 210 g/mol. The van der Waals surface area contributed by atoms with Crippen LogP contribution in [0, 0.1) is 11.8 Å². The second kappa shape index (κ2) is 5.26. The van der Waals surface area contributed by atoms with E-state index in [0.717, 1.165) is 12.2 Å². The molecule has 0 aliphatic heterocycles. The molecule has 1 atom stereocenters. The van der Waals surface area contributed by atoms with Crippen LogP contribution in [0.15, 0.2) is 6.33 Å². The lowest BCUT2D eigenvalue weighted by molar-refractivity contribution is 0.370. The van der Waals surface area contributed by atoms with Gasteiger partial charge in [-0.2, -0.15) is 5.10 Å². The van der Waals surface area contributed by atoms with Gasteiger partial charge in [-0.3, -0.25) is 0 Å². The summed E-state index contributed by atoms with van der Waals surface area (Å²) in [5.41, 5.74) is 5.76. The molecular weight excluding hydrogens is 188 g/mol. The maximum absolute atomic E-state index is 5.76. The van der Waals surface area contributed by atoms with Gasteiger partial charge in [-0.05, 0) is 32.2 Å². The Morgan fingerprint density at radius 1 is 1.33 bits per heavy atom. The molecule has 15 heavy (non-hydrogen) atoms. The van der Waals surface area contributed by atoms with E-state index in [9.17, 15) is 0 Å². The fourth-order valence-electron chi connectivity index (χ4n) is 1.68. The first kappa shape index (κ1) is 12.2. The van der Waals surface area contributed by atoms with Crippen molar-refractivity contribution in [3.8, 4) is 0 Å². The molecule has 0 spiro atoms. The highest BCUT2D eigenvalue weighted by Crippen LogP contribution is 2.16. The van der Waals surface area contributed by atoms with Gasteiger partial charge in [0.1, 0.15) is 12.2 Å². The van der Waals surface area contributed by atoms with Gasteiger partial charge in [0.15, 0.2) is 0 Å². The summed E-state index contributed by atoms with van der Waals surface area (Å²) < 4.78 is 1.98. The van der Waals surface area contributed by atoms with E-state index in [1.807, 2.05) is 4.68 Å². The second-order valence-electron chi connectivity index (χ2n) is 4.66. The number of hydrogen-bond acceptors (Lipinski definition) is 3. The van der Waals surface area contributed by atoms with Crippen molar-refractivity contribution in [1.29, 1.82) is 0 Å². The average Bonchev–Trinajstić information content (AvgIpc) is 2.61. The predicted molar refractivity (Wildman–Crippen MR) is 61.5 cm³/mol. The van der Waals surface area contributed by atoms with Crippen LogP contribution >= 0.6 is 0 Å². The Morgan fingerprint density at radius 2 is 2.00 bits per heavy atom. The number of nitrogens with zero attached hydrogens (tertiary/aromatic N) is 3. The Balaban J connectivity index is 2.74. The lowest BCUT2D eigenvalue weighted by atomic mass is 9.92. The van der Waals surface area contributed by atoms with Gasteiger partial charge in [0.2, 0.25) is 0 Å². The Hall–Kier alpha value is -0.900. The molecule has 0 saturated carbocycles. The van der Waals surface area contributed by atoms with Crippen LogP contribution in [0.25, 0.3) is 0 Å². The normalized spacial score (nSPS) is 13.8. The number of aromatic nitrogens is 3. The molecule has 0 aromatic carbocycles. The molecule has 1 aromatic rings. The van der Waals surface area contributed by atoms with Crippen LogP contribution in [0.1, 0.15) is 39.6 Å². The Bertz CT molecular complexity index is 291. The van der Waals surface area contributed by atoms with Crippen molar-refractivity contribution in [3.63, 3.8) is 0 Å². The zero-order chi connectivity index (χ0) is 11.4. The lowest BCUT2D eigenvalue weighted by Crippen LogP contribution is -2.24. The van der Waals surface area contributed by atoms with Crippen molar-refractivity contribution in [3.05, 3.63) is 12.2 Å². The summed E-state index contributed by atoms with van der Waals surface area (Å²) in [6.07, 6.45) is 2.55. The Labute approximate surface area is 91.9 Å². The zero-order valence-corrected chi connectivity index (χ0v) is 10.1. The van der Waals surface area contributed by atoms with E-state index >= 15 is 0 Å². The van der Waals surface area contributed by atoms with Crippen LogP contribution in [0.4, 0.5) is 0 Å². The minimum absolute atomic E-state index is 0.369. The van der Waals surface area contributed by atoms with Crippen molar-refractivity contribution in [2.75, 3.05) is 6.54 Å². The van der Waals surface area contributed by atoms with E-state index in [4.69, 9.17) is 5.73 Å². The minimum atomic E-state index is 0.369. The van der Waals surface area contributed by atoms with E-state index in [1.165, 1.54) is 0 Å². The van der Waals surface area contributed by atoms with Crippen molar-refractivity contribution in [1.82, 2.24) is 14.8 Å². The zero-order valence-electron chi connectivity index (χ0n) is 10.1. The van der Waals surface area contributed by atoms with Crippen LogP contribution in [0.5, 0.6) is 0 Å². The van der Waals surface area contributed by atoms with Gasteiger partial charge in [0.05, 0.1) is 0 Å². The maximum Gasteiger partial charge on any atom is 0.138 e. The summed E-state index contributed by atoms with van der Waals surface area (Å²) in [5.74, 6) is 2.13. The SMILES string of the molecule is CC(C)C(CN)Cc1ncnn1C(C)C. The first-order chi connectivity index (χ1) is 7.06. The molecule has 0 bridgehead atoms. The van der Waals surface area contributed by atoms with Gasteiger partial charge in [-0.15, -0.1) is 0 Å². The van der Waals surface area contributed by atoms with Gasteiger partial charge in [0, 0.05) is 12.5 Å². The van der Waals surface area contributed by atoms with E-state index in [2.05, 4.69) is 37.8 Å². The standard InChI is InChI=1S/C11H22N4/c1-8(2)10(6-12)5-11-13-7-14-15(11)9(3)4/h7-10H,5-6,12H2,1-4H3. The first-order valence-corrected chi connectivity index (χ1v) is 5.64. The number of nitrogens with two attached hydrogens (primary N) is 1. The maximum atomic E-state index is 5.76. The van der Waals surface area contributed by atoms with E-state index in [0.29, 0.717) is 24.4 Å². The molecule has 86 valence electrons. The van der Waals surface area contributed by atoms with E-state index in [-0.39, 0.29) is 0 Å². The van der Waals surface area contributed by atoms with E-state index in [1.54, 1.807) is 6.33 Å². The summed E-state index contributed by atoms with van der Waals surface area (Å²) in [4.78, 5) is 4.30. The predicted octanol–water partition coefficient (Wildman–Crippen LogP) is 1.63. The van der Waals surface area contributed by atoms with Gasteiger partial charge in [-0.1, -0.05) is 13.8 Å². The molecule has 1 unspecified atom stereocenters. The Morgan fingerprint density at radius 3 is 2.47 bits per heavy atom. The van der Waals surface area contributed by atoms with Gasteiger partial charge >= 0.3 is 0 Å². The fraction of sp³-hybridized carbons (Fsp3) is 0.818. The van der Waals surface area contributed by atoms with Crippen LogP contribution in [-0.4, -0.2) is 21.3 Å². The smallest absolute Gasteiger partial charge is 0.138 e. The molecule has 0 aliphatic carbocycles. The van der Waals surface area contributed by atoms with Crippen molar-refractivity contribution in [2.45, 2.75) is 40.2 Å². The summed E-state index contributed by atoms with van der Waals surface area (Å²) in [5, 5.41) is 4.23. The number of hydrogen-bond donors (Lipinski definition) is 1. The summed E-state index contributed by atoms with van der Waals surface area (Å²) in [7, 11) is 0. The summed E-state index contributed by atoms with van der Waals surface area (Å²) in [6.45, 7) is 9.35. The summed E-state index contributed by atoms with van der Waals surface area (Å²) >= 11 is 0. The van der Waals surface area contributed by atoms with Crippen molar-refractivity contribution in [2.24, 2.45) is 17.6 Å². The molecule has 0 fully saturated rings. The van der Waals surface area contributed by atoms with Crippen LogP contribution in [0.3, 0.4) is 0 Å². The van der Waals surface area contributed by atoms with Crippen LogP contribution < -0.4 is 5.73 Å². The Kier molecular flexibility index (Phi) is 4.27. The molecule has 1 aromatic heterocycles. The highest BCUT2D eigenvalue weighted by molar-refractivity contribution is 4.90. The third kappa shape index (κ3) is 3.02. The molecular formula is C11H22N4. The molecule has 2 N–H and O–H groups in total. The fourth-order valence-corrected chi connectivity index (χ4v) is 1.68. The largest absolute Gasteiger partial charge is 0.330 e. The first-order valence-electron chi connectivity index (χ1n) is 5.64. The lowest BCUT2D eigenvalue weighted by Gasteiger charge is -2.19. The molecule has 0 amide bonds. The van der Waals surface area contributed by atoms with Crippen LogP contribution in [-0.2, 0) is 6.42 Å². The van der Waals surface area contributed by atoms with Gasteiger partial charge in [0.25, 0.3) is 0 Å². The molecule has 1 rings (SSSR count). The molecule has 0 aliphatic rings. The highest BCUT2D eigenvalue weighted by atomic mass is 15.3. The average molecular weight is 210 g/mol. The number of rotatable bonds is 5. The van der Waals surface area contributed by atoms with Gasteiger partial charge < -0.3 is 5.73 Å². The van der Waals surface area contributed by atoms with Gasteiger partial charge in [-0.25, -0.2) is 9.67 Å². The third-order valence-electron chi connectivity index (χ3n) is 2.83. The quantitative estimate of drug-likeness (QED) is 0.803. The minimum Gasteiger partial charge on any atom is -0.330 e. The second-order valence-corrected chi connectivity index (χ2v) is 4.66. The highest BCUT2D eigenvalue weighted by Gasteiger charge is 2.16. The topological polar surface area (TPSA) is 56.7 Å². The molecule has 0 radical (unpaired) electrons. The summed E-state index contributed by atoms with van der Waals surface area (Å²) in [6, 6.07) is 0.369. The van der Waals surface area contributed by atoms with Crippen molar-refractivity contribution >= 4 is 0 Å².